The zero-order valence-corrected chi connectivity index (χ0v) is 11.1. The van der Waals surface area contributed by atoms with Crippen LogP contribution in [0, 0.1) is 5.41 Å². The van der Waals surface area contributed by atoms with Crippen LogP contribution < -0.4 is 5.32 Å². The summed E-state index contributed by atoms with van der Waals surface area (Å²) in [5.41, 5.74) is 0.473. The summed E-state index contributed by atoms with van der Waals surface area (Å²) in [7, 11) is 0. The predicted molar refractivity (Wildman–Crippen MR) is 69.9 cm³/mol. The number of nitrogens with zero attached hydrogens (tertiary/aromatic N) is 1. The second-order valence-corrected chi connectivity index (χ2v) is 6.40. The fourth-order valence-electron chi connectivity index (χ4n) is 2.60. The number of rotatable bonds is 4. The third-order valence-electron chi connectivity index (χ3n) is 3.72. The monoisotopic (exact) mass is 238 g/mol. The van der Waals surface area contributed by atoms with E-state index in [0.29, 0.717) is 11.5 Å². The molecule has 1 aromatic heterocycles. The smallest absolute Gasteiger partial charge is 0.0937 e. The van der Waals surface area contributed by atoms with Crippen molar-refractivity contribution in [3.8, 4) is 0 Å². The molecule has 1 aliphatic rings. The molecule has 2 rings (SSSR count). The van der Waals surface area contributed by atoms with E-state index in [1.54, 1.807) is 11.3 Å². The van der Waals surface area contributed by atoms with Crippen molar-refractivity contribution in [2.75, 3.05) is 6.54 Å². The predicted octanol–water partition coefficient (Wildman–Crippen LogP) is 3.24. The second kappa shape index (κ2) is 5.28. The molecule has 0 spiro atoms. The fraction of sp³-hybridized carbons (Fsp3) is 0.769. The van der Waals surface area contributed by atoms with Gasteiger partial charge in [-0.15, -0.1) is 11.3 Å². The molecule has 0 amide bonds. The van der Waals surface area contributed by atoms with Crippen molar-refractivity contribution in [2.45, 2.75) is 52.0 Å². The highest BCUT2D eigenvalue weighted by Gasteiger charge is 2.31. The Morgan fingerprint density at radius 1 is 1.50 bits per heavy atom. The topological polar surface area (TPSA) is 24.9 Å². The Kier molecular flexibility index (Phi) is 3.98. The molecule has 1 aromatic rings. The highest BCUT2D eigenvalue weighted by molar-refractivity contribution is 7.09. The molecule has 1 unspecified atom stereocenters. The first-order valence-corrected chi connectivity index (χ1v) is 7.18. The van der Waals surface area contributed by atoms with Crippen LogP contribution in [0.2, 0.25) is 0 Å². The lowest BCUT2D eigenvalue weighted by atomic mass is 9.73. The first-order valence-electron chi connectivity index (χ1n) is 6.30. The highest BCUT2D eigenvalue weighted by atomic mass is 32.1. The van der Waals surface area contributed by atoms with Gasteiger partial charge in [-0.05, 0) is 18.3 Å². The summed E-state index contributed by atoms with van der Waals surface area (Å²) < 4.78 is 0. The van der Waals surface area contributed by atoms with Crippen molar-refractivity contribution in [3.05, 3.63) is 16.6 Å². The molecule has 16 heavy (non-hydrogen) atoms. The average Bonchev–Trinajstić information content (AvgIpc) is 2.73. The van der Waals surface area contributed by atoms with Gasteiger partial charge in [0, 0.05) is 30.6 Å². The van der Waals surface area contributed by atoms with Crippen LogP contribution >= 0.6 is 11.3 Å². The average molecular weight is 238 g/mol. The van der Waals surface area contributed by atoms with Crippen LogP contribution in [0.5, 0.6) is 0 Å². The van der Waals surface area contributed by atoms with Gasteiger partial charge >= 0.3 is 0 Å². The second-order valence-electron chi connectivity index (χ2n) is 5.42. The number of aromatic nitrogens is 1. The van der Waals surface area contributed by atoms with Gasteiger partial charge in [0.25, 0.3) is 0 Å². The van der Waals surface area contributed by atoms with Gasteiger partial charge in [0.1, 0.15) is 0 Å². The van der Waals surface area contributed by atoms with Crippen LogP contribution in [-0.2, 0) is 6.42 Å². The van der Waals surface area contributed by atoms with Crippen LogP contribution in [-0.4, -0.2) is 17.6 Å². The third kappa shape index (κ3) is 3.05. The van der Waals surface area contributed by atoms with Crippen LogP contribution in [0.4, 0.5) is 0 Å². The third-order valence-corrected chi connectivity index (χ3v) is 4.56. The summed E-state index contributed by atoms with van der Waals surface area (Å²) in [5.74, 6) is 0. The van der Waals surface area contributed by atoms with E-state index in [-0.39, 0.29) is 0 Å². The van der Waals surface area contributed by atoms with Gasteiger partial charge < -0.3 is 5.32 Å². The fourth-order valence-corrected chi connectivity index (χ4v) is 3.22. The lowest BCUT2D eigenvalue weighted by molar-refractivity contribution is 0.169. The summed E-state index contributed by atoms with van der Waals surface area (Å²) in [6.07, 6.45) is 8.46. The molecule has 3 heteroatoms. The SMILES string of the molecule is CC1(C)CCCCC1NCCc1nccs1. The van der Waals surface area contributed by atoms with Gasteiger partial charge in [-0.25, -0.2) is 4.98 Å². The van der Waals surface area contributed by atoms with E-state index in [1.165, 1.54) is 30.7 Å². The lowest BCUT2D eigenvalue weighted by Gasteiger charge is -2.39. The Labute approximate surface area is 102 Å². The molecule has 0 aliphatic heterocycles. The Morgan fingerprint density at radius 2 is 2.38 bits per heavy atom. The Balaban J connectivity index is 1.76. The minimum Gasteiger partial charge on any atom is -0.313 e. The highest BCUT2D eigenvalue weighted by Crippen LogP contribution is 2.35. The molecular formula is C13H22N2S. The maximum absolute atomic E-state index is 4.31. The molecule has 1 N–H and O–H groups in total. The van der Waals surface area contributed by atoms with Gasteiger partial charge in [-0.2, -0.15) is 0 Å². The quantitative estimate of drug-likeness (QED) is 0.871. The van der Waals surface area contributed by atoms with E-state index < -0.39 is 0 Å². The van der Waals surface area contributed by atoms with Crippen LogP contribution in [0.15, 0.2) is 11.6 Å². The summed E-state index contributed by atoms with van der Waals surface area (Å²) in [6.45, 7) is 5.86. The normalized spacial score (nSPS) is 24.5. The molecule has 1 atom stereocenters. The molecule has 0 saturated heterocycles. The van der Waals surface area contributed by atoms with Crippen molar-refractivity contribution in [1.82, 2.24) is 10.3 Å². The number of hydrogen-bond donors (Lipinski definition) is 1. The van der Waals surface area contributed by atoms with Crippen molar-refractivity contribution in [1.29, 1.82) is 0 Å². The molecule has 2 nitrogen and oxygen atoms in total. The Bertz CT molecular complexity index is 306. The van der Waals surface area contributed by atoms with E-state index in [9.17, 15) is 0 Å². The molecule has 1 aliphatic carbocycles. The van der Waals surface area contributed by atoms with Crippen LogP contribution in [0.1, 0.15) is 44.5 Å². The molecule has 1 fully saturated rings. The standard InChI is InChI=1S/C13H22N2S/c1-13(2)7-4-3-5-11(13)14-8-6-12-15-9-10-16-12/h9-11,14H,3-8H2,1-2H3. The van der Waals surface area contributed by atoms with Gasteiger partial charge in [-0.3, -0.25) is 0 Å². The van der Waals surface area contributed by atoms with E-state index >= 15 is 0 Å². The maximum atomic E-state index is 4.31. The Hall–Kier alpha value is -0.410. The minimum absolute atomic E-state index is 0.473. The molecule has 1 saturated carbocycles. The molecule has 0 aromatic carbocycles. The van der Waals surface area contributed by atoms with E-state index in [1.807, 2.05) is 6.20 Å². The van der Waals surface area contributed by atoms with E-state index in [4.69, 9.17) is 0 Å². The zero-order valence-electron chi connectivity index (χ0n) is 10.3. The molecule has 1 heterocycles. The lowest BCUT2D eigenvalue weighted by Crippen LogP contribution is -2.44. The maximum Gasteiger partial charge on any atom is 0.0937 e. The van der Waals surface area contributed by atoms with Gasteiger partial charge in [-0.1, -0.05) is 26.7 Å². The van der Waals surface area contributed by atoms with Gasteiger partial charge in [0.15, 0.2) is 0 Å². The molecule has 0 radical (unpaired) electrons. The van der Waals surface area contributed by atoms with Crippen molar-refractivity contribution in [3.63, 3.8) is 0 Å². The molecule has 90 valence electrons. The van der Waals surface area contributed by atoms with Crippen molar-refractivity contribution < 1.29 is 0 Å². The molecule has 0 bridgehead atoms. The molecular weight excluding hydrogens is 216 g/mol. The largest absolute Gasteiger partial charge is 0.313 e. The summed E-state index contributed by atoms with van der Waals surface area (Å²) in [6, 6.07) is 0.696. The van der Waals surface area contributed by atoms with Crippen molar-refractivity contribution >= 4 is 11.3 Å². The van der Waals surface area contributed by atoms with Crippen LogP contribution in [0.25, 0.3) is 0 Å². The number of thiazole rings is 1. The van der Waals surface area contributed by atoms with Gasteiger partial charge in [0.2, 0.25) is 0 Å². The summed E-state index contributed by atoms with van der Waals surface area (Å²) >= 11 is 1.76. The van der Waals surface area contributed by atoms with Crippen LogP contribution in [0.3, 0.4) is 0 Å². The first kappa shape index (κ1) is 12.1. The first-order chi connectivity index (χ1) is 7.68. The Morgan fingerprint density at radius 3 is 3.06 bits per heavy atom. The summed E-state index contributed by atoms with van der Waals surface area (Å²) in [5, 5.41) is 7.02. The van der Waals surface area contributed by atoms with E-state index in [0.717, 1.165) is 13.0 Å². The summed E-state index contributed by atoms with van der Waals surface area (Å²) in [4.78, 5) is 4.31. The van der Waals surface area contributed by atoms with Gasteiger partial charge in [0.05, 0.1) is 5.01 Å². The zero-order chi connectivity index (χ0) is 11.4. The number of nitrogens with one attached hydrogen (secondary N) is 1. The van der Waals surface area contributed by atoms with E-state index in [2.05, 4.69) is 29.5 Å². The van der Waals surface area contributed by atoms with Crippen molar-refractivity contribution in [2.24, 2.45) is 5.41 Å². The minimum atomic E-state index is 0.473. The number of hydrogen-bond acceptors (Lipinski definition) is 3.